The lowest BCUT2D eigenvalue weighted by atomic mass is 9.87. The first-order valence-electron chi connectivity index (χ1n) is 8.46. The van der Waals surface area contributed by atoms with Gasteiger partial charge in [-0.1, -0.05) is 36.2 Å². The molecule has 0 aliphatic heterocycles. The molecular weight excluding hydrogens is 308 g/mol. The Morgan fingerprint density at radius 1 is 1.26 bits per heavy atom. The minimum atomic E-state index is -0.184. The Kier molecular flexibility index (Phi) is 7.76. The van der Waals surface area contributed by atoms with Gasteiger partial charge in [0, 0.05) is 24.6 Å². The Hall–Kier alpha value is -1.20. The van der Waals surface area contributed by atoms with E-state index in [1.54, 1.807) is 0 Å². The van der Waals surface area contributed by atoms with Gasteiger partial charge in [0.2, 0.25) is 0 Å². The average Bonchev–Trinajstić information content (AvgIpc) is 2.54. The monoisotopic (exact) mass is 336 g/mol. The molecule has 0 saturated heterocycles. The largest absolute Gasteiger partial charge is 0.393 e. The highest BCUT2D eigenvalue weighted by Crippen LogP contribution is 2.23. The smallest absolute Gasteiger partial charge is 0.314 e. The van der Waals surface area contributed by atoms with Crippen molar-refractivity contribution in [2.24, 2.45) is 5.92 Å². The molecule has 0 bridgehead atoms. The van der Waals surface area contributed by atoms with Gasteiger partial charge in [0.1, 0.15) is 0 Å². The molecule has 0 heterocycles. The van der Waals surface area contributed by atoms with E-state index in [4.69, 9.17) is 0 Å². The lowest BCUT2D eigenvalue weighted by molar-refractivity contribution is 0.101. The maximum atomic E-state index is 11.7. The summed E-state index contributed by atoms with van der Waals surface area (Å²) in [5, 5.41) is 15.4. The van der Waals surface area contributed by atoms with Crippen LogP contribution in [0.2, 0.25) is 0 Å². The van der Waals surface area contributed by atoms with Gasteiger partial charge in [-0.05, 0) is 37.7 Å². The average molecular weight is 337 g/mol. The number of carbonyl (C=O) groups is 1. The third-order valence-electron chi connectivity index (χ3n) is 4.23. The van der Waals surface area contributed by atoms with E-state index in [1.807, 2.05) is 11.8 Å². The second-order valence-electron chi connectivity index (χ2n) is 6.36. The van der Waals surface area contributed by atoms with Crippen molar-refractivity contribution in [3.8, 4) is 0 Å². The molecule has 4 nitrogen and oxygen atoms in total. The Balaban J connectivity index is 1.50. The van der Waals surface area contributed by atoms with Crippen LogP contribution in [0.3, 0.4) is 0 Å². The lowest BCUT2D eigenvalue weighted by Crippen LogP contribution is -2.40. The van der Waals surface area contributed by atoms with E-state index < -0.39 is 0 Å². The molecule has 1 aromatic rings. The van der Waals surface area contributed by atoms with E-state index in [0.29, 0.717) is 19.0 Å². The number of benzene rings is 1. The van der Waals surface area contributed by atoms with Gasteiger partial charge in [-0.3, -0.25) is 0 Å². The fourth-order valence-corrected chi connectivity index (χ4v) is 3.68. The maximum absolute atomic E-state index is 11.7. The van der Waals surface area contributed by atoms with Crippen LogP contribution >= 0.6 is 11.8 Å². The molecule has 0 radical (unpaired) electrons. The number of hydrogen-bond acceptors (Lipinski definition) is 3. The first-order chi connectivity index (χ1) is 11.1. The van der Waals surface area contributed by atoms with Crippen LogP contribution in [0, 0.1) is 12.8 Å². The number of urea groups is 1. The Morgan fingerprint density at radius 2 is 2.04 bits per heavy atom. The standard InChI is InChI=1S/C18H28N2O2S/c1-14-5-7-15(8-6-14)13-23-10-9-19-18(22)20-12-16-3-2-4-17(21)11-16/h5-8,16-17,21H,2-4,9-13H2,1H3,(H2,19,20,22). The van der Waals surface area contributed by atoms with Gasteiger partial charge < -0.3 is 15.7 Å². The number of rotatable bonds is 7. The van der Waals surface area contributed by atoms with Gasteiger partial charge in [0.05, 0.1) is 6.10 Å². The van der Waals surface area contributed by atoms with E-state index >= 15 is 0 Å². The Morgan fingerprint density at radius 3 is 2.78 bits per heavy atom. The molecule has 0 spiro atoms. The number of thioether (sulfide) groups is 1. The van der Waals surface area contributed by atoms with Crippen molar-refractivity contribution >= 4 is 17.8 Å². The molecule has 5 heteroatoms. The first kappa shape index (κ1) is 18.1. The molecule has 2 amide bonds. The number of aliphatic hydroxyl groups excluding tert-OH is 1. The van der Waals surface area contributed by atoms with Gasteiger partial charge in [-0.2, -0.15) is 11.8 Å². The van der Waals surface area contributed by atoms with Gasteiger partial charge in [0.15, 0.2) is 0 Å². The highest BCUT2D eigenvalue weighted by Gasteiger charge is 2.20. The number of amides is 2. The molecule has 1 aliphatic carbocycles. The zero-order valence-corrected chi connectivity index (χ0v) is 14.7. The molecule has 3 N–H and O–H groups in total. The number of aryl methyl sites for hydroxylation is 1. The molecule has 1 fully saturated rings. The van der Waals surface area contributed by atoms with Crippen molar-refractivity contribution < 1.29 is 9.90 Å². The zero-order chi connectivity index (χ0) is 16.5. The molecule has 1 aliphatic rings. The van der Waals surface area contributed by atoms with Gasteiger partial charge in [0.25, 0.3) is 0 Å². The fourth-order valence-electron chi connectivity index (χ4n) is 2.86. The Labute approximate surface area is 143 Å². The molecule has 0 aromatic heterocycles. The van der Waals surface area contributed by atoms with Crippen molar-refractivity contribution in [1.29, 1.82) is 0 Å². The number of carbonyl (C=O) groups excluding carboxylic acids is 1. The van der Waals surface area contributed by atoms with E-state index in [0.717, 1.165) is 37.2 Å². The molecule has 23 heavy (non-hydrogen) atoms. The third-order valence-corrected chi connectivity index (χ3v) is 5.26. The van der Waals surface area contributed by atoms with Crippen molar-refractivity contribution in [3.05, 3.63) is 35.4 Å². The molecule has 2 rings (SSSR count). The summed E-state index contributed by atoms with van der Waals surface area (Å²) in [4.78, 5) is 11.7. The topological polar surface area (TPSA) is 61.4 Å². The van der Waals surface area contributed by atoms with Crippen LogP contribution in [0.1, 0.15) is 36.8 Å². The number of hydrogen-bond donors (Lipinski definition) is 3. The molecule has 2 atom stereocenters. The van der Waals surface area contributed by atoms with Crippen LogP contribution in [0.4, 0.5) is 4.79 Å². The minimum absolute atomic E-state index is 0.0963. The van der Waals surface area contributed by atoms with E-state index in [-0.39, 0.29) is 12.1 Å². The van der Waals surface area contributed by atoms with Crippen LogP contribution in [-0.4, -0.2) is 36.1 Å². The second kappa shape index (κ2) is 9.83. The summed E-state index contributed by atoms with van der Waals surface area (Å²) in [6.45, 7) is 3.43. The predicted octanol–water partition coefficient (Wildman–Crippen LogP) is 3.08. The molecule has 2 unspecified atom stereocenters. The van der Waals surface area contributed by atoms with Crippen molar-refractivity contribution in [2.75, 3.05) is 18.8 Å². The van der Waals surface area contributed by atoms with Gasteiger partial charge in [-0.25, -0.2) is 4.79 Å². The van der Waals surface area contributed by atoms with E-state index in [1.165, 1.54) is 11.1 Å². The van der Waals surface area contributed by atoms with Gasteiger partial charge in [-0.15, -0.1) is 0 Å². The van der Waals surface area contributed by atoms with Crippen LogP contribution in [0.15, 0.2) is 24.3 Å². The van der Waals surface area contributed by atoms with Crippen LogP contribution < -0.4 is 10.6 Å². The van der Waals surface area contributed by atoms with Crippen LogP contribution in [0.5, 0.6) is 0 Å². The first-order valence-corrected chi connectivity index (χ1v) is 9.62. The number of nitrogens with one attached hydrogen (secondary N) is 2. The van der Waals surface area contributed by atoms with Crippen molar-refractivity contribution in [3.63, 3.8) is 0 Å². The predicted molar refractivity (Wildman–Crippen MR) is 96.7 cm³/mol. The van der Waals surface area contributed by atoms with Crippen LogP contribution in [0.25, 0.3) is 0 Å². The van der Waals surface area contributed by atoms with Crippen LogP contribution in [-0.2, 0) is 5.75 Å². The number of aliphatic hydroxyl groups is 1. The van der Waals surface area contributed by atoms with Crippen molar-refractivity contribution in [1.82, 2.24) is 10.6 Å². The summed E-state index contributed by atoms with van der Waals surface area (Å²) >= 11 is 1.83. The highest BCUT2D eigenvalue weighted by molar-refractivity contribution is 7.98. The normalized spacial score (nSPS) is 21.0. The summed E-state index contributed by atoms with van der Waals surface area (Å²) < 4.78 is 0. The fraction of sp³-hybridized carbons (Fsp3) is 0.611. The third kappa shape index (κ3) is 7.27. The maximum Gasteiger partial charge on any atom is 0.314 e. The summed E-state index contributed by atoms with van der Waals surface area (Å²) in [5.41, 5.74) is 2.60. The minimum Gasteiger partial charge on any atom is -0.393 e. The molecule has 128 valence electrons. The summed E-state index contributed by atoms with van der Waals surface area (Å²) in [7, 11) is 0. The highest BCUT2D eigenvalue weighted by atomic mass is 32.2. The summed E-state index contributed by atoms with van der Waals surface area (Å²) in [6, 6.07) is 8.47. The molecule has 1 aromatic carbocycles. The lowest BCUT2D eigenvalue weighted by Gasteiger charge is -2.25. The quantitative estimate of drug-likeness (QED) is 0.671. The second-order valence-corrected chi connectivity index (χ2v) is 7.47. The summed E-state index contributed by atoms with van der Waals surface area (Å²) in [5.74, 6) is 2.30. The molecule has 1 saturated carbocycles. The van der Waals surface area contributed by atoms with Crippen molar-refractivity contribution in [2.45, 2.75) is 44.5 Å². The zero-order valence-electron chi connectivity index (χ0n) is 13.9. The summed E-state index contributed by atoms with van der Waals surface area (Å²) in [6.07, 6.45) is 3.69. The molecular formula is C18H28N2O2S. The SMILES string of the molecule is Cc1ccc(CSCCNC(=O)NCC2CCCC(O)C2)cc1. The van der Waals surface area contributed by atoms with E-state index in [2.05, 4.69) is 41.8 Å². The Bertz CT molecular complexity index is 478. The van der Waals surface area contributed by atoms with Gasteiger partial charge >= 0.3 is 6.03 Å². The van der Waals surface area contributed by atoms with E-state index in [9.17, 15) is 9.90 Å².